The van der Waals surface area contributed by atoms with Crippen molar-refractivity contribution in [2.75, 3.05) is 6.61 Å². The van der Waals surface area contributed by atoms with Crippen molar-refractivity contribution >= 4 is 22.6 Å². The van der Waals surface area contributed by atoms with Crippen LogP contribution >= 0.6 is 11.6 Å². The topological polar surface area (TPSA) is 38.3 Å². The molecular formula is C20H24ClN2O2+. The van der Waals surface area contributed by atoms with Crippen LogP contribution in [-0.4, -0.2) is 22.4 Å². The van der Waals surface area contributed by atoms with Crippen molar-refractivity contribution in [3.8, 4) is 5.75 Å². The first-order chi connectivity index (χ1) is 12.0. The van der Waals surface area contributed by atoms with Crippen LogP contribution in [0.15, 0.2) is 48.5 Å². The largest absolute Gasteiger partial charge is 0.489 e. The zero-order valence-corrected chi connectivity index (χ0v) is 15.6. The smallest absolute Gasteiger partial charge is 0.259 e. The number of aliphatic hydroxyl groups is 1. The Balaban J connectivity index is 1.82. The Morgan fingerprint density at radius 1 is 1.12 bits per heavy atom. The van der Waals surface area contributed by atoms with Crippen molar-refractivity contribution in [3.05, 3.63) is 59.4 Å². The number of aromatic nitrogens is 2. The normalized spacial score (nSPS) is 12.7. The third kappa shape index (κ3) is 3.65. The van der Waals surface area contributed by atoms with Gasteiger partial charge in [0.1, 0.15) is 25.0 Å². The van der Waals surface area contributed by atoms with Gasteiger partial charge < -0.3 is 9.84 Å². The number of rotatable bonds is 6. The van der Waals surface area contributed by atoms with E-state index in [-0.39, 0.29) is 6.61 Å². The predicted molar refractivity (Wildman–Crippen MR) is 100 cm³/mol. The lowest BCUT2D eigenvalue weighted by atomic mass is 10.2. The molecule has 3 aromatic rings. The highest BCUT2D eigenvalue weighted by Gasteiger charge is 2.26. The van der Waals surface area contributed by atoms with Gasteiger partial charge in [0.25, 0.3) is 5.82 Å². The first-order valence-electron chi connectivity index (χ1n) is 8.51. The summed E-state index contributed by atoms with van der Waals surface area (Å²) in [4.78, 5) is 0. The van der Waals surface area contributed by atoms with Gasteiger partial charge in [0.2, 0.25) is 0 Å². The zero-order chi connectivity index (χ0) is 18.0. The molecule has 0 bridgehead atoms. The molecule has 0 saturated heterocycles. The van der Waals surface area contributed by atoms with Crippen molar-refractivity contribution in [2.45, 2.75) is 32.4 Å². The molecule has 0 aliphatic carbocycles. The van der Waals surface area contributed by atoms with Gasteiger partial charge in [-0.2, -0.15) is 0 Å². The highest BCUT2D eigenvalue weighted by molar-refractivity contribution is 6.32. The van der Waals surface area contributed by atoms with E-state index >= 15 is 0 Å². The van der Waals surface area contributed by atoms with E-state index in [9.17, 15) is 5.11 Å². The lowest BCUT2D eigenvalue weighted by Gasteiger charge is -2.13. The Bertz CT molecular complexity index is 873. The summed E-state index contributed by atoms with van der Waals surface area (Å²) in [7, 11) is 2.07. The van der Waals surface area contributed by atoms with E-state index in [1.807, 2.05) is 24.3 Å². The van der Waals surface area contributed by atoms with E-state index in [4.69, 9.17) is 16.3 Å². The third-order valence-electron chi connectivity index (χ3n) is 4.33. The van der Waals surface area contributed by atoms with E-state index in [2.05, 4.69) is 42.2 Å². The van der Waals surface area contributed by atoms with Gasteiger partial charge in [-0.1, -0.05) is 49.7 Å². The SMILES string of the molecule is CC(C)c1n(C[C@@H](O)COc2ccccc2Cl)c2ccccc2[n+]1C. The molecule has 5 heteroatoms. The van der Waals surface area contributed by atoms with Gasteiger partial charge in [-0.05, 0) is 24.3 Å². The van der Waals surface area contributed by atoms with E-state index in [0.717, 1.165) is 11.0 Å². The van der Waals surface area contributed by atoms with E-state index in [1.165, 1.54) is 5.82 Å². The summed E-state index contributed by atoms with van der Waals surface area (Å²) in [5, 5.41) is 11.1. The van der Waals surface area contributed by atoms with Crippen LogP contribution in [0.3, 0.4) is 0 Å². The molecule has 0 unspecified atom stereocenters. The summed E-state index contributed by atoms with van der Waals surface area (Å²) in [6.07, 6.45) is -0.635. The summed E-state index contributed by atoms with van der Waals surface area (Å²) >= 11 is 6.10. The van der Waals surface area contributed by atoms with E-state index in [0.29, 0.717) is 23.2 Å². The summed E-state index contributed by atoms with van der Waals surface area (Å²) in [5.74, 6) is 2.11. The number of imidazole rings is 1. The maximum absolute atomic E-state index is 10.5. The van der Waals surface area contributed by atoms with Crippen LogP contribution in [0.2, 0.25) is 5.02 Å². The molecule has 0 amide bonds. The van der Waals surface area contributed by atoms with Crippen LogP contribution in [0.5, 0.6) is 5.75 Å². The van der Waals surface area contributed by atoms with Gasteiger partial charge in [0.05, 0.1) is 18.0 Å². The molecule has 0 aliphatic rings. The quantitative estimate of drug-likeness (QED) is 0.682. The maximum atomic E-state index is 10.5. The molecule has 0 fully saturated rings. The van der Waals surface area contributed by atoms with Crippen LogP contribution in [0.1, 0.15) is 25.6 Å². The number of hydrogen-bond donors (Lipinski definition) is 1. The molecule has 0 aliphatic heterocycles. The fraction of sp³-hybridized carbons (Fsp3) is 0.350. The number of fused-ring (bicyclic) bond motifs is 1. The second-order valence-electron chi connectivity index (χ2n) is 6.57. The van der Waals surface area contributed by atoms with Crippen molar-refractivity contribution in [2.24, 2.45) is 7.05 Å². The van der Waals surface area contributed by atoms with Crippen LogP contribution in [-0.2, 0) is 13.6 Å². The Morgan fingerprint density at radius 3 is 2.52 bits per heavy atom. The molecular weight excluding hydrogens is 336 g/mol. The molecule has 0 saturated carbocycles. The number of para-hydroxylation sites is 3. The second kappa shape index (κ2) is 7.46. The van der Waals surface area contributed by atoms with Gasteiger partial charge >= 0.3 is 0 Å². The minimum Gasteiger partial charge on any atom is -0.489 e. The van der Waals surface area contributed by atoms with E-state index < -0.39 is 6.10 Å². The van der Waals surface area contributed by atoms with Crippen LogP contribution in [0.25, 0.3) is 11.0 Å². The number of hydrogen-bond acceptors (Lipinski definition) is 2. The Morgan fingerprint density at radius 2 is 1.80 bits per heavy atom. The first kappa shape index (κ1) is 17.8. The van der Waals surface area contributed by atoms with Crippen LogP contribution in [0, 0.1) is 0 Å². The van der Waals surface area contributed by atoms with Crippen LogP contribution in [0.4, 0.5) is 0 Å². The Kier molecular flexibility index (Phi) is 5.30. The highest BCUT2D eigenvalue weighted by Crippen LogP contribution is 2.24. The summed E-state index contributed by atoms with van der Waals surface area (Å²) in [6, 6.07) is 15.5. The third-order valence-corrected chi connectivity index (χ3v) is 4.64. The summed E-state index contributed by atoms with van der Waals surface area (Å²) < 4.78 is 10.1. The average Bonchev–Trinajstić information content (AvgIpc) is 2.87. The molecule has 1 aromatic heterocycles. The molecule has 25 heavy (non-hydrogen) atoms. The summed E-state index contributed by atoms with van der Waals surface area (Å²) in [5.41, 5.74) is 2.27. The number of aryl methyl sites for hydroxylation is 1. The van der Waals surface area contributed by atoms with E-state index in [1.54, 1.807) is 12.1 Å². The number of nitrogens with zero attached hydrogens (tertiary/aromatic N) is 2. The minimum atomic E-state index is -0.635. The molecule has 1 N–H and O–H groups in total. The lowest BCUT2D eigenvalue weighted by molar-refractivity contribution is -0.655. The maximum Gasteiger partial charge on any atom is 0.259 e. The first-order valence-corrected chi connectivity index (χ1v) is 8.89. The zero-order valence-electron chi connectivity index (χ0n) is 14.8. The Hall–Kier alpha value is -2.04. The van der Waals surface area contributed by atoms with Gasteiger partial charge in [0.15, 0.2) is 11.0 Å². The van der Waals surface area contributed by atoms with Crippen molar-refractivity contribution in [1.82, 2.24) is 4.57 Å². The standard InChI is InChI=1S/C20H24ClN2O2/c1-14(2)20-22(3)17-9-5-6-10-18(17)23(20)12-15(24)13-25-19-11-7-4-8-16(19)21/h4-11,14-15,24H,12-13H2,1-3H3/q+1/t15-/m1/s1. The van der Waals surface area contributed by atoms with Crippen LogP contribution < -0.4 is 9.30 Å². The second-order valence-corrected chi connectivity index (χ2v) is 6.97. The van der Waals surface area contributed by atoms with Gasteiger partial charge in [-0.15, -0.1) is 0 Å². The number of ether oxygens (including phenoxy) is 1. The summed E-state index contributed by atoms with van der Waals surface area (Å²) in [6.45, 7) is 4.99. The average molecular weight is 360 g/mol. The van der Waals surface area contributed by atoms with Gasteiger partial charge in [0, 0.05) is 0 Å². The Labute approximate surface area is 153 Å². The van der Waals surface area contributed by atoms with Crippen molar-refractivity contribution in [3.63, 3.8) is 0 Å². The van der Waals surface area contributed by atoms with Crippen molar-refractivity contribution < 1.29 is 14.4 Å². The monoisotopic (exact) mass is 359 g/mol. The number of benzene rings is 2. The van der Waals surface area contributed by atoms with Gasteiger partial charge in [-0.3, -0.25) is 0 Å². The molecule has 2 aromatic carbocycles. The molecule has 1 atom stereocenters. The minimum absolute atomic E-state index is 0.192. The molecule has 3 rings (SSSR count). The molecule has 0 spiro atoms. The molecule has 1 heterocycles. The lowest BCUT2D eigenvalue weighted by Crippen LogP contribution is -2.35. The number of aliphatic hydroxyl groups excluding tert-OH is 1. The van der Waals surface area contributed by atoms with Crippen molar-refractivity contribution in [1.29, 1.82) is 0 Å². The highest BCUT2D eigenvalue weighted by atomic mass is 35.5. The predicted octanol–water partition coefficient (Wildman–Crippen LogP) is 3.68. The molecule has 4 nitrogen and oxygen atoms in total. The van der Waals surface area contributed by atoms with Gasteiger partial charge in [-0.25, -0.2) is 9.13 Å². The fourth-order valence-corrected chi connectivity index (χ4v) is 3.50. The molecule has 0 radical (unpaired) electrons. The number of halogens is 1. The molecule has 132 valence electrons. The fourth-order valence-electron chi connectivity index (χ4n) is 3.31.